The van der Waals surface area contributed by atoms with Gasteiger partial charge in [-0.1, -0.05) is 23.7 Å². The number of nitrogens with one attached hydrogen (secondary N) is 2. The van der Waals surface area contributed by atoms with Crippen molar-refractivity contribution in [3.63, 3.8) is 0 Å². The van der Waals surface area contributed by atoms with Gasteiger partial charge in [-0.25, -0.2) is 14.6 Å². The summed E-state index contributed by atoms with van der Waals surface area (Å²) in [7, 11) is 3.22. The Kier molecular flexibility index (Phi) is 7.76. The van der Waals surface area contributed by atoms with Gasteiger partial charge in [-0.3, -0.25) is 4.79 Å². The Morgan fingerprint density at radius 1 is 1.05 bits per heavy atom. The van der Waals surface area contributed by atoms with Gasteiger partial charge in [0.1, 0.15) is 18.2 Å². The molecule has 1 aliphatic rings. The van der Waals surface area contributed by atoms with Crippen LogP contribution in [0.1, 0.15) is 47.6 Å². The number of benzene rings is 2. The minimum Gasteiger partial charge on any atom is -0.497 e. The molecule has 1 amide bonds. The Labute approximate surface area is 226 Å². The monoisotopic (exact) mass is 534 g/mol. The zero-order valence-electron chi connectivity index (χ0n) is 21.7. The van der Waals surface area contributed by atoms with E-state index in [9.17, 15) is 4.79 Å². The number of aryl methyl sites for hydroxylation is 1. The van der Waals surface area contributed by atoms with E-state index in [0.29, 0.717) is 27.8 Å². The van der Waals surface area contributed by atoms with Gasteiger partial charge >= 0.3 is 0 Å². The zero-order valence-corrected chi connectivity index (χ0v) is 22.5. The van der Waals surface area contributed by atoms with Gasteiger partial charge in [0, 0.05) is 29.8 Å². The van der Waals surface area contributed by atoms with E-state index in [1.54, 1.807) is 31.0 Å². The SMILES string of the molecule is COCc1nc(NC2CCC(NC(=O)c3cccc(OC)c3)CC2)c2c(C)nn(-c3cccc(Cl)c3)c2n1. The summed E-state index contributed by atoms with van der Waals surface area (Å²) in [6.07, 6.45) is 3.53. The summed E-state index contributed by atoms with van der Waals surface area (Å²) in [4.78, 5) is 22.3. The van der Waals surface area contributed by atoms with Gasteiger partial charge in [0.05, 0.1) is 23.9 Å². The molecule has 0 radical (unpaired) electrons. The quantitative estimate of drug-likeness (QED) is 0.324. The van der Waals surface area contributed by atoms with Gasteiger partial charge < -0.3 is 20.1 Å². The van der Waals surface area contributed by atoms with E-state index in [4.69, 9.17) is 36.1 Å². The van der Waals surface area contributed by atoms with Gasteiger partial charge in [-0.05, 0) is 69.0 Å². The van der Waals surface area contributed by atoms with Gasteiger partial charge in [0.2, 0.25) is 0 Å². The summed E-state index contributed by atoms with van der Waals surface area (Å²) < 4.78 is 12.4. The summed E-state index contributed by atoms with van der Waals surface area (Å²) in [6, 6.07) is 15.1. The molecule has 9 nitrogen and oxygen atoms in total. The largest absolute Gasteiger partial charge is 0.497 e. The first-order chi connectivity index (χ1) is 18.4. The van der Waals surface area contributed by atoms with Crippen LogP contribution in [0.4, 0.5) is 5.82 Å². The molecule has 38 heavy (non-hydrogen) atoms. The Bertz CT molecular complexity index is 1450. The topological polar surface area (TPSA) is 103 Å². The predicted molar refractivity (Wildman–Crippen MR) is 147 cm³/mol. The highest BCUT2D eigenvalue weighted by atomic mass is 35.5. The Hall–Kier alpha value is -3.69. The summed E-state index contributed by atoms with van der Waals surface area (Å²) >= 11 is 6.25. The smallest absolute Gasteiger partial charge is 0.251 e. The first-order valence-electron chi connectivity index (χ1n) is 12.7. The number of anilines is 1. The highest BCUT2D eigenvalue weighted by molar-refractivity contribution is 6.30. The molecule has 1 saturated carbocycles. The molecule has 0 saturated heterocycles. The average Bonchev–Trinajstić information content (AvgIpc) is 3.26. The standard InChI is InChI=1S/C28H31ClN6O3/c1-17-25-26(32-24(16-37-2)33-27(25)35(34-17)22-8-5-7-19(29)15-22)30-20-10-12-21(13-11-20)31-28(36)18-6-4-9-23(14-18)38-3/h4-9,14-15,20-21H,10-13,16H2,1-3H3,(H,31,36)(H,30,32,33). The van der Waals surface area contributed by atoms with E-state index in [2.05, 4.69) is 10.6 Å². The van der Waals surface area contributed by atoms with Crippen LogP contribution in [-0.2, 0) is 11.3 Å². The molecule has 1 aliphatic carbocycles. The molecule has 0 spiro atoms. The van der Waals surface area contributed by atoms with Gasteiger partial charge in [-0.2, -0.15) is 5.10 Å². The van der Waals surface area contributed by atoms with Crippen molar-refractivity contribution in [1.29, 1.82) is 0 Å². The van der Waals surface area contributed by atoms with Gasteiger partial charge in [0.15, 0.2) is 11.5 Å². The number of carbonyl (C=O) groups excluding carboxylic acids is 1. The lowest BCUT2D eigenvalue weighted by Crippen LogP contribution is -2.40. The molecule has 198 valence electrons. The number of hydrogen-bond acceptors (Lipinski definition) is 7. The van der Waals surface area contributed by atoms with E-state index in [1.165, 1.54) is 0 Å². The summed E-state index contributed by atoms with van der Waals surface area (Å²) in [5, 5.41) is 13.1. The second-order valence-corrected chi connectivity index (χ2v) is 9.93. The van der Waals surface area contributed by atoms with Crippen molar-refractivity contribution in [3.05, 3.63) is 70.6 Å². The molecule has 2 N–H and O–H groups in total. The van der Waals surface area contributed by atoms with Crippen LogP contribution < -0.4 is 15.4 Å². The first-order valence-corrected chi connectivity index (χ1v) is 13.1. The second kappa shape index (κ2) is 11.4. The highest BCUT2D eigenvalue weighted by Crippen LogP contribution is 2.30. The fourth-order valence-electron chi connectivity index (χ4n) is 4.92. The molecule has 1 fully saturated rings. The van der Waals surface area contributed by atoms with Crippen molar-refractivity contribution in [1.82, 2.24) is 25.1 Å². The number of halogens is 1. The lowest BCUT2D eigenvalue weighted by Gasteiger charge is -2.30. The normalized spacial score (nSPS) is 17.4. The molecule has 0 unspecified atom stereocenters. The Morgan fingerprint density at radius 2 is 1.82 bits per heavy atom. The maximum atomic E-state index is 12.7. The molecule has 2 aromatic heterocycles. The van der Waals surface area contributed by atoms with Crippen LogP contribution in [0.2, 0.25) is 5.02 Å². The molecule has 2 heterocycles. The van der Waals surface area contributed by atoms with Crippen LogP contribution >= 0.6 is 11.6 Å². The lowest BCUT2D eigenvalue weighted by atomic mass is 9.91. The summed E-state index contributed by atoms with van der Waals surface area (Å²) in [6.45, 7) is 2.24. The number of rotatable bonds is 8. The van der Waals surface area contributed by atoms with E-state index < -0.39 is 0 Å². The molecular formula is C28H31ClN6O3. The molecule has 0 atom stereocenters. The maximum Gasteiger partial charge on any atom is 0.251 e. The molecule has 0 bridgehead atoms. The predicted octanol–water partition coefficient (Wildman–Crippen LogP) is 5.09. The summed E-state index contributed by atoms with van der Waals surface area (Å²) in [5.41, 5.74) is 2.96. The number of fused-ring (bicyclic) bond motifs is 1. The number of carbonyl (C=O) groups is 1. The van der Waals surface area contributed by atoms with E-state index >= 15 is 0 Å². The minimum atomic E-state index is -0.0777. The molecule has 10 heteroatoms. The van der Waals surface area contributed by atoms with E-state index in [0.717, 1.165) is 48.3 Å². The van der Waals surface area contributed by atoms with Crippen LogP contribution in [0.15, 0.2) is 48.5 Å². The van der Waals surface area contributed by atoms with Crippen LogP contribution in [0.25, 0.3) is 16.7 Å². The van der Waals surface area contributed by atoms with Crippen molar-refractivity contribution in [2.45, 2.75) is 51.3 Å². The number of ether oxygens (including phenoxy) is 2. The first kappa shape index (κ1) is 25.9. The molecular weight excluding hydrogens is 504 g/mol. The minimum absolute atomic E-state index is 0.0777. The van der Waals surface area contributed by atoms with E-state index in [-0.39, 0.29) is 24.6 Å². The van der Waals surface area contributed by atoms with Crippen LogP contribution in [-0.4, -0.2) is 52.0 Å². The van der Waals surface area contributed by atoms with Crippen molar-refractivity contribution >= 4 is 34.4 Å². The third-order valence-corrected chi connectivity index (χ3v) is 7.05. The number of methoxy groups -OCH3 is 2. The number of aromatic nitrogens is 4. The number of hydrogen-bond donors (Lipinski definition) is 2. The Morgan fingerprint density at radius 3 is 2.55 bits per heavy atom. The average molecular weight is 535 g/mol. The molecule has 0 aliphatic heterocycles. The number of amides is 1. The third-order valence-electron chi connectivity index (χ3n) is 6.81. The van der Waals surface area contributed by atoms with E-state index in [1.807, 2.05) is 43.3 Å². The maximum absolute atomic E-state index is 12.7. The Balaban J connectivity index is 1.32. The van der Waals surface area contributed by atoms with Crippen LogP contribution in [0, 0.1) is 6.92 Å². The summed E-state index contributed by atoms with van der Waals surface area (Å²) in [5.74, 6) is 1.91. The van der Waals surface area contributed by atoms with Gasteiger partial charge in [0.25, 0.3) is 5.91 Å². The molecule has 2 aromatic carbocycles. The number of nitrogens with zero attached hydrogens (tertiary/aromatic N) is 4. The van der Waals surface area contributed by atoms with Crippen LogP contribution in [0.3, 0.4) is 0 Å². The van der Waals surface area contributed by atoms with Crippen molar-refractivity contribution in [2.24, 2.45) is 0 Å². The zero-order chi connectivity index (χ0) is 26.6. The third kappa shape index (κ3) is 5.58. The highest BCUT2D eigenvalue weighted by Gasteiger charge is 2.25. The van der Waals surface area contributed by atoms with Crippen LogP contribution in [0.5, 0.6) is 5.75 Å². The second-order valence-electron chi connectivity index (χ2n) is 9.50. The molecule has 5 rings (SSSR count). The lowest BCUT2D eigenvalue weighted by molar-refractivity contribution is 0.0926. The molecule has 4 aromatic rings. The van der Waals surface area contributed by atoms with Gasteiger partial charge in [-0.15, -0.1) is 0 Å². The fourth-order valence-corrected chi connectivity index (χ4v) is 5.11. The van der Waals surface area contributed by atoms with Crippen molar-refractivity contribution in [2.75, 3.05) is 19.5 Å². The van der Waals surface area contributed by atoms with Crippen molar-refractivity contribution in [3.8, 4) is 11.4 Å². The fraction of sp³-hybridized carbons (Fsp3) is 0.357. The van der Waals surface area contributed by atoms with Crippen molar-refractivity contribution < 1.29 is 14.3 Å².